The zero-order valence-electron chi connectivity index (χ0n) is 19.0. The number of rotatable bonds is 6. The van der Waals surface area contributed by atoms with E-state index < -0.39 is 24.2 Å². The van der Waals surface area contributed by atoms with Crippen molar-refractivity contribution in [3.63, 3.8) is 0 Å². The molecule has 1 aliphatic carbocycles. The minimum Gasteiger partial charge on any atom is -0.507 e. The molecule has 0 unspecified atom stereocenters. The molecule has 0 aromatic heterocycles. The van der Waals surface area contributed by atoms with E-state index in [4.69, 9.17) is 4.65 Å². The van der Waals surface area contributed by atoms with Crippen LogP contribution in [0.4, 0.5) is 8.63 Å². The van der Waals surface area contributed by atoms with E-state index in [1.54, 1.807) is 6.92 Å². The number of carbonyl (C=O) groups is 2. The van der Waals surface area contributed by atoms with Gasteiger partial charge in [-0.3, -0.25) is 9.59 Å². The van der Waals surface area contributed by atoms with Gasteiger partial charge in [0.05, 0.1) is 22.4 Å². The summed E-state index contributed by atoms with van der Waals surface area (Å²) in [5.74, 6) is -1.05. The average Bonchev–Trinajstić information content (AvgIpc) is 2.75. The predicted octanol–water partition coefficient (Wildman–Crippen LogP) is 5.32. The number of allylic oxidation sites excluding steroid dienone is 1. The van der Waals surface area contributed by atoms with Crippen LogP contribution in [0.1, 0.15) is 56.8 Å². The summed E-state index contributed by atoms with van der Waals surface area (Å²) in [7, 11) is -3.14. The van der Waals surface area contributed by atoms with Gasteiger partial charge < -0.3 is 9.97 Å². The topological polar surface area (TPSA) is 55.4 Å². The Balaban J connectivity index is 2.06. The summed E-state index contributed by atoms with van der Waals surface area (Å²) in [5, 5.41) is 2.89. The zero-order chi connectivity index (χ0) is 23.7. The van der Waals surface area contributed by atoms with E-state index in [9.17, 15) is 18.2 Å². The molecule has 7 heteroatoms. The lowest BCUT2D eigenvalue weighted by Gasteiger charge is -2.43. The molecule has 0 heterocycles. The molecule has 0 saturated heterocycles. The highest BCUT2D eigenvalue weighted by molar-refractivity contribution is 6.35. The van der Waals surface area contributed by atoms with Gasteiger partial charge >= 0.3 is 7.47 Å². The van der Waals surface area contributed by atoms with Crippen molar-refractivity contribution in [2.75, 3.05) is 0 Å². The van der Waals surface area contributed by atoms with E-state index >= 15 is 0 Å². The van der Waals surface area contributed by atoms with Crippen LogP contribution in [0.3, 0.4) is 0 Å². The number of hydrogen-bond acceptors (Lipinski definition) is 3. The van der Waals surface area contributed by atoms with Crippen LogP contribution in [-0.4, -0.2) is 19.2 Å². The molecule has 0 fully saturated rings. The summed E-state index contributed by atoms with van der Waals surface area (Å²) in [5.41, 5.74) is 0.252. The van der Waals surface area contributed by atoms with Gasteiger partial charge in [-0.15, -0.1) is 0 Å². The number of aryl methyl sites for hydroxylation is 1. The summed E-state index contributed by atoms with van der Waals surface area (Å²) in [4.78, 5) is 26.9. The predicted molar refractivity (Wildman–Crippen MR) is 121 cm³/mol. The first-order valence-corrected chi connectivity index (χ1v) is 10.6. The largest absolute Gasteiger partial charge is 0.796 e. The second kappa shape index (κ2) is 8.89. The molecule has 1 N–H and O–H groups in total. The second-order valence-electron chi connectivity index (χ2n) is 9.12. The Kier molecular flexibility index (Phi) is 6.58. The molecule has 0 spiro atoms. The van der Waals surface area contributed by atoms with Crippen LogP contribution in [0.25, 0.3) is 0 Å². The number of benzene rings is 2. The minimum absolute atomic E-state index is 0.0340. The molecule has 3 rings (SSSR count). The molecule has 168 valence electrons. The number of Topliss-reactive ketones (excluding diaryl/α,β-unsaturated/α-hetero) is 1. The standard InChI is InChI=1S/C25H28BF2NO3/c1-16-11-13-19(14-12-16)25(5)15-20(21(32-26(27)28)24(3,4)23(25)31)22(30)29-17(2)18-9-7-6-8-10-18/h6-14,17H,15H2,1-5H3,(H,29,30)/t17-,25+/m0/s1. The molecule has 0 bridgehead atoms. The first-order valence-electron chi connectivity index (χ1n) is 10.6. The third-order valence-corrected chi connectivity index (χ3v) is 6.26. The van der Waals surface area contributed by atoms with Crippen LogP contribution < -0.4 is 5.32 Å². The van der Waals surface area contributed by atoms with Crippen molar-refractivity contribution in [2.45, 2.75) is 52.5 Å². The van der Waals surface area contributed by atoms with Crippen molar-refractivity contribution in [3.8, 4) is 0 Å². The van der Waals surface area contributed by atoms with Crippen molar-refractivity contribution in [2.24, 2.45) is 5.41 Å². The van der Waals surface area contributed by atoms with Gasteiger partial charge in [0.15, 0.2) is 5.78 Å². The lowest BCUT2D eigenvalue weighted by atomic mass is 9.60. The van der Waals surface area contributed by atoms with Crippen LogP contribution in [-0.2, 0) is 19.7 Å². The Hall–Kier alpha value is -2.96. The van der Waals surface area contributed by atoms with Gasteiger partial charge in [-0.05, 0) is 52.2 Å². The molecule has 32 heavy (non-hydrogen) atoms. The Morgan fingerprint density at radius 3 is 2.22 bits per heavy atom. The summed E-state index contributed by atoms with van der Waals surface area (Å²) in [6.07, 6.45) is -0.0340. The quantitative estimate of drug-likeness (QED) is 0.620. The van der Waals surface area contributed by atoms with Crippen LogP contribution in [0.2, 0.25) is 0 Å². The molecule has 2 aromatic rings. The number of halogens is 2. The summed E-state index contributed by atoms with van der Waals surface area (Å²) >= 11 is 0. The van der Waals surface area contributed by atoms with E-state index in [1.807, 2.05) is 68.4 Å². The molecule has 2 aromatic carbocycles. The third kappa shape index (κ3) is 4.47. The Morgan fingerprint density at radius 2 is 1.66 bits per heavy atom. The molecule has 0 aliphatic heterocycles. The molecule has 2 atom stereocenters. The second-order valence-corrected chi connectivity index (χ2v) is 9.12. The van der Waals surface area contributed by atoms with Gasteiger partial charge in [-0.2, -0.15) is 0 Å². The Morgan fingerprint density at radius 1 is 1.06 bits per heavy atom. The van der Waals surface area contributed by atoms with Gasteiger partial charge in [0.1, 0.15) is 5.76 Å². The fourth-order valence-electron chi connectivity index (χ4n) is 4.44. The van der Waals surface area contributed by atoms with E-state index in [-0.39, 0.29) is 29.6 Å². The first kappa shape index (κ1) is 23.7. The number of nitrogens with one attached hydrogen (secondary N) is 1. The van der Waals surface area contributed by atoms with Crippen LogP contribution in [0, 0.1) is 12.3 Å². The fourth-order valence-corrected chi connectivity index (χ4v) is 4.44. The van der Waals surface area contributed by atoms with E-state index in [0.717, 1.165) is 16.7 Å². The number of carbonyl (C=O) groups excluding carboxylic acids is 2. The van der Waals surface area contributed by atoms with Crippen LogP contribution >= 0.6 is 0 Å². The number of ketones is 1. The van der Waals surface area contributed by atoms with Gasteiger partial charge in [-0.1, -0.05) is 60.2 Å². The normalized spacial score (nSPS) is 21.2. The molecule has 0 radical (unpaired) electrons. The summed E-state index contributed by atoms with van der Waals surface area (Å²) in [6, 6.07) is 16.5. The lowest BCUT2D eigenvalue weighted by Crippen LogP contribution is -2.50. The van der Waals surface area contributed by atoms with Gasteiger partial charge in [0.25, 0.3) is 5.91 Å². The maximum atomic E-state index is 13.6. The van der Waals surface area contributed by atoms with Crippen molar-refractivity contribution in [1.29, 1.82) is 0 Å². The zero-order valence-corrected chi connectivity index (χ0v) is 19.0. The summed E-state index contributed by atoms with van der Waals surface area (Å²) in [6.45, 7) is 8.59. The van der Waals surface area contributed by atoms with Gasteiger partial charge in [0.2, 0.25) is 0 Å². The highest BCUT2D eigenvalue weighted by Crippen LogP contribution is 2.48. The molecular weight excluding hydrogens is 411 g/mol. The lowest BCUT2D eigenvalue weighted by molar-refractivity contribution is -0.133. The average molecular weight is 439 g/mol. The van der Waals surface area contributed by atoms with Gasteiger partial charge in [-0.25, -0.2) is 8.63 Å². The maximum absolute atomic E-state index is 13.6. The van der Waals surface area contributed by atoms with Crippen molar-refractivity contribution < 1.29 is 22.9 Å². The third-order valence-electron chi connectivity index (χ3n) is 6.26. The highest BCUT2D eigenvalue weighted by Gasteiger charge is 2.53. The molecule has 1 aliphatic rings. The smallest absolute Gasteiger partial charge is 0.507 e. The fraction of sp³-hybridized carbons (Fsp3) is 0.360. The number of amides is 1. The van der Waals surface area contributed by atoms with Crippen molar-refractivity contribution >= 4 is 19.2 Å². The molecule has 1 amide bonds. The van der Waals surface area contributed by atoms with Crippen molar-refractivity contribution in [1.82, 2.24) is 5.32 Å². The maximum Gasteiger partial charge on any atom is 0.796 e. The number of hydrogen-bond donors (Lipinski definition) is 1. The minimum atomic E-state index is -3.14. The Bertz CT molecular complexity index is 1030. The van der Waals surface area contributed by atoms with E-state index in [1.165, 1.54) is 13.8 Å². The molecular formula is C25H28BF2NO3. The monoisotopic (exact) mass is 439 g/mol. The van der Waals surface area contributed by atoms with Crippen LogP contribution in [0.5, 0.6) is 0 Å². The summed E-state index contributed by atoms with van der Waals surface area (Å²) < 4.78 is 31.4. The SMILES string of the molecule is Cc1ccc([C@@]2(C)CC(C(=O)N[C@@H](C)c3ccccc3)=C(OB(F)F)C(C)(C)C2=O)cc1. The van der Waals surface area contributed by atoms with Gasteiger partial charge in [0, 0.05) is 0 Å². The van der Waals surface area contributed by atoms with E-state index in [2.05, 4.69) is 5.32 Å². The van der Waals surface area contributed by atoms with E-state index in [0.29, 0.717) is 0 Å². The highest BCUT2D eigenvalue weighted by atomic mass is 19.2. The Labute approximate surface area is 188 Å². The first-order chi connectivity index (χ1) is 15.0. The molecule has 4 nitrogen and oxygen atoms in total. The molecule has 0 saturated carbocycles. The van der Waals surface area contributed by atoms with Crippen molar-refractivity contribution in [3.05, 3.63) is 82.6 Å². The van der Waals surface area contributed by atoms with Crippen LogP contribution in [0.15, 0.2) is 65.9 Å².